The van der Waals surface area contributed by atoms with E-state index in [1.54, 1.807) is 0 Å². The Labute approximate surface area is 111 Å². The van der Waals surface area contributed by atoms with Crippen molar-refractivity contribution in [2.24, 2.45) is 5.92 Å². The smallest absolute Gasteiger partial charge is 0.133 e. The van der Waals surface area contributed by atoms with E-state index in [1.807, 2.05) is 13.8 Å². The van der Waals surface area contributed by atoms with E-state index in [0.717, 1.165) is 25.7 Å². The van der Waals surface area contributed by atoms with Crippen LogP contribution < -0.4 is 0 Å². The highest BCUT2D eigenvalue weighted by atomic mass is 35.5. The molecule has 0 spiro atoms. The zero-order valence-corrected chi connectivity index (χ0v) is 11.4. The molecule has 0 radical (unpaired) electrons. The minimum Gasteiger partial charge on any atom is -0.207 e. The van der Waals surface area contributed by atoms with Crippen LogP contribution in [0.1, 0.15) is 50.5 Å². The molecule has 4 heteroatoms. The van der Waals surface area contributed by atoms with Crippen molar-refractivity contribution >= 4 is 11.6 Å². The molecule has 102 valence electrons. The highest BCUT2D eigenvalue weighted by Crippen LogP contribution is 2.37. The Kier molecular flexibility index (Phi) is 6.00. The molecule has 0 aliphatic carbocycles. The molecule has 0 bridgehead atoms. The van der Waals surface area contributed by atoms with E-state index in [4.69, 9.17) is 11.6 Å². The fraction of sp³-hybridized carbons (Fsp3) is 0.571. The summed E-state index contributed by atoms with van der Waals surface area (Å²) < 4.78 is 40.1. The molecule has 0 aromatic heterocycles. The fourth-order valence-corrected chi connectivity index (χ4v) is 2.69. The van der Waals surface area contributed by atoms with Gasteiger partial charge in [0.05, 0.1) is 5.38 Å². The molecule has 1 rings (SSSR count). The summed E-state index contributed by atoms with van der Waals surface area (Å²) >= 11 is 6.19. The van der Waals surface area contributed by atoms with Crippen LogP contribution in [0.3, 0.4) is 0 Å². The first-order valence-corrected chi connectivity index (χ1v) is 6.73. The van der Waals surface area contributed by atoms with Crippen molar-refractivity contribution in [3.63, 3.8) is 0 Å². The van der Waals surface area contributed by atoms with Gasteiger partial charge in [0.2, 0.25) is 0 Å². The molecule has 1 aromatic rings. The van der Waals surface area contributed by atoms with Crippen LogP contribution in [0.4, 0.5) is 13.2 Å². The third-order valence-corrected chi connectivity index (χ3v) is 3.63. The summed E-state index contributed by atoms with van der Waals surface area (Å²) in [7, 11) is 0. The molecule has 0 N–H and O–H groups in total. The molecule has 0 aliphatic rings. The molecule has 0 saturated carbocycles. The van der Waals surface area contributed by atoms with Crippen molar-refractivity contribution in [1.29, 1.82) is 0 Å². The maximum Gasteiger partial charge on any atom is 0.133 e. The highest BCUT2D eigenvalue weighted by Gasteiger charge is 2.26. The number of halogens is 4. The summed E-state index contributed by atoms with van der Waals surface area (Å²) in [5.74, 6) is -2.70. The summed E-state index contributed by atoms with van der Waals surface area (Å²) in [6.07, 6.45) is 3.41. The standard InChI is InChI=1S/C14H18ClF3/c1-3-5-9(6-4-2)14(15)13-11(17)7-10(16)8-12(13)18/h7-9,14H,3-6H2,1-2H3. The highest BCUT2D eigenvalue weighted by molar-refractivity contribution is 6.21. The average molecular weight is 279 g/mol. The summed E-state index contributed by atoms with van der Waals surface area (Å²) in [6, 6.07) is 1.37. The zero-order valence-electron chi connectivity index (χ0n) is 10.6. The van der Waals surface area contributed by atoms with Crippen molar-refractivity contribution < 1.29 is 13.2 Å². The molecule has 0 saturated heterocycles. The Morgan fingerprint density at radius 3 is 1.83 bits per heavy atom. The van der Waals surface area contributed by atoms with Gasteiger partial charge < -0.3 is 0 Å². The lowest BCUT2D eigenvalue weighted by atomic mass is 9.90. The van der Waals surface area contributed by atoms with Gasteiger partial charge in [-0.1, -0.05) is 26.7 Å². The van der Waals surface area contributed by atoms with Crippen LogP contribution in [-0.2, 0) is 0 Å². The van der Waals surface area contributed by atoms with Crippen LogP contribution in [0, 0.1) is 23.4 Å². The monoisotopic (exact) mass is 278 g/mol. The van der Waals surface area contributed by atoms with E-state index in [9.17, 15) is 13.2 Å². The summed E-state index contributed by atoms with van der Waals surface area (Å²) in [6.45, 7) is 4.01. The summed E-state index contributed by atoms with van der Waals surface area (Å²) in [4.78, 5) is 0. The Bertz CT molecular complexity index is 364. The molecule has 0 amide bonds. The number of hydrogen-bond donors (Lipinski definition) is 0. The van der Waals surface area contributed by atoms with Gasteiger partial charge in [-0.25, -0.2) is 13.2 Å². The van der Waals surface area contributed by atoms with Crippen molar-refractivity contribution in [3.05, 3.63) is 35.1 Å². The summed E-state index contributed by atoms with van der Waals surface area (Å²) in [5.41, 5.74) is -0.204. The number of alkyl halides is 1. The van der Waals surface area contributed by atoms with Gasteiger partial charge in [-0.3, -0.25) is 0 Å². The maximum absolute atomic E-state index is 13.6. The Morgan fingerprint density at radius 2 is 1.44 bits per heavy atom. The van der Waals surface area contributed by atoms with Gasteiger partial charge >= 0.3 is 0 Å². The first kappa shape index (κ1) is 15.4. The fourth-order valence-electron chi connectivity index (χ4n) is 2.23. The zero-order chi connectivity index (χ0) is 13.7. The van der Waals surface area contributed by atoms with E-state index < -0.39 is 22.8 Å². The van der Waals surface area contributed by atoms with Crippen LogP contribution in [0.5, 0.6) is 0 Å². The molecule has 1 aromatic carbocycles. The maximum atomic E-state index is 13.6. The van der Waals surface area contributed by atoms with Crippen LogP contribution in [0.2, 0.25) is 0 Å². The van der Waals surface area contributed by atoms with Crippen molar-refractivity contribution in [3.8, 4) is 0 Å². The van der Waals surface area contributed by atoms with Gasteiger partial charge in [0.15, 0.2) is 0 Å². The number of rotatable bonds is 6. The molecule has 0 heterocycles. The van der Waals surface area contributed by atoms with Crippen LogP contribution >= 0.6 is 11.6 Å². The Hall–Kier alpha value is -0.700. The SMILES string of the molecule is CCCC(CCC)C(Cl)c1c(F)cc(F)cc1F. The van der Waals surface area contributed by atoms with E-state index >= 15 is 0 Å². The largest absolute Gasteiger partial charge is 0.207 e. The van der Waals surface area contributed by atoms with Gasteiger partial charge in [-0.15, -0.1) is 11.6 Å². The third-order valence-electron chi connectivity index (χ3n) is 3.05. The molecular formula is C14H18ClF3. The van der Waals surface area contributed by atoms with E-state index in [2.05, 4.69) is 0 Å². The molecule has 0 nitrogen and oxygen atoms in total. The predicted octanol–water partition coefficient (Wildman–Crippen LogP) is 5.60. The number of hydrogen-bond acceptors (Lipinski definition) is 0. The molecule has 0 fully saturated rings. The Balaban J connectivity index is 3.03. The Morgan fingerprint density at radius 1 is 1.00 bits per heavy atom. The normalized spacial score (nSPS) is 13.1. The third kappa shape index (κ3) is 3.64. The summed E-state index contributed by atoms with van der Waals surface area (Å²) in [5, 5.41) is -0.745. The van der Waals surface area contributed by atoms with E-state index in [0.29, 0.717) is 12.1 Å². The van der Waals surface area contributed by atoms with Gasteiger partial charge in [-0.05, 0) is 18.8 Å². The lowest BCUT2D eigenvalue weighted by molar-refractivity contribution is 0.405. The second-order valence-corrected chi connectivity index (χ2v) is 4.99. The second-order valence-electron chi connectivity index (χ2n) is 4.52. The second kappa shape index (κ2) is 7.03. The van der Waals surface area contributed by atoms with Crippen molar-refractivity contribution in [2.45, 2.75) is 44.9 Å². The lowest BCUT2D eigenvalue weighted by Gasteiger charge is -2.22. The molecule has 1 atom stereocenters. The van der Waals surface area contributed by atoms with Crippen LogP contribution in [-0.4, -0.2) is 0 Å². The topological polar surface area (TPSA) is 0 Å². The van der Waals surface area contributed by atoms with Gasteiger partial charge in [0.25, 0.3) is 0 Å². The van der Waals surface area contributed by atoms with Gasteiger partial charge in [0.1, 0.15) is 17.5 Å². The van der Waals surface area contributed by atoms with E-state index in [1.165, 1.54) is 0 Å². The van der Waals surface area contributed by atoms with Crippen molar-refractivity contribution in [1.82, 2.24) is 0 Å². The van der Waals surface area contributed by atoms with Gasteiger partial charge in [-0.2, -0.15) is 0 Å². The van der Waals surface area contributed by atoms with Crippen LogP contribution in [0.15, 0.2) is 12.1 Å². The minimum absolute atomic E-state index is 0.0103. The minimum atomic E-state index is -0.917. The lowest BCUT2D eigenvalue weighted by Crippen LogP contribution is -2.12. The first-order valence-electron chi connectivity index (χ1n) is 6.29. The van der Waals surface area contributed by atoms with Crippen LogP contribution in [0.25, 0.3) is 0 Å². The molecule has 1 unspecified atom stereocenters. The number of benzene rings is 1. The quantitative estimate of drug-likeness (QED) is 0.594. The van der Waals surface area contributed by atoms with Gasteiger partial charge in [0, 0.05) is 17.7 Å². The predicted molar refractivity (Wildman–Crippen MR) is 68.2 cm³/mol. The van der Waals surface area contributed by atoms with E-state index in [-0.39, 0.29) is 11.5 Å². The van der Waals surface area contributed by atoms with Crippen molar-refractivity contribution in [2.75, 3.05) is 0 Å². The molecular weight excluding hydrogens is 261 g/mol. The molecule has 18 heavy (non-hydrogen) atoms. The molecule has 0 aliphatic heterocycles. The first-order chi connectivity index (χ1) is 8.51. The average Bonchev–Trinajstić information content (AvgIpc) is 2.27.